The Kier molecular flexibility index (Phi) is 7.26. The van der Waals surface area contributed by atoms with Crippen LogP contribution in [0.5, 0.6) is 0 Å². The summed E-state index contributed by atoms with van der Waals surface area (Å²) < 4.78 is 25.0. The standard InChI is InChI=1S/C24H33N3O3S/c1-5-27(31(4,29)30)23-14-10-21(11-15-23)24(28)25-19(3)20-8-12-22(13-9-20)26-16-6-7-18(2)17-26/h8-15,18-19H,5-7,16-17H2,1-4H3,(H,25,28)/t18-,19+/m0/s1. The lowest BCUT2D eigenvalue weighted by molar-refractivity contribution is 0.0940. The lowest BCUT2D eigenvalue weighted by atomic mass is 9.99. The minimum Gasteiger partial charge on any atom is -0.371 e. The topological polar surface area (TPSA) is 69.7 Å². The molecule has 6 nitrogen and oxygen atoms in total. The van der Waals surface area contributed by atoms with Crippen molar-refractivity contribution < 1.29 is 13.2 Å². The molecule has 1 aliphatic heterocycles. The molecule has 2 aromatic carbocycles. The molecule has 0 radical (unpaired) electrons. The first-order valence-electron chi connectivity index (χ1n) is 10.9. The van der Waals surface area contributed by atoms with E-state index in [2.05, 4.69) is 41.4 Å². The predicted molar refractivity (Wildman–Crippen MR) is 127 cm³/mol. The Morgan fingerprint density at radius 1 is 1.16 bits per heavy atom. The number of sulfonamides is 1. The third-order valence-electron chi connectivity index (χ3n) is 5.87. The molecule has 1 saturated heterocycles. The Labute approximate surface area is 186 Å². The maximum absolute atomic E-state index is 12.7. The first-order chi connectivity index (χ1) is 14.7. The molecule has 3 rings (SSSR count). The van der Waals surface area contributed by atoms with Crippen molar-refractivity contribution in [1.82, 2.24) is 5.32 Å². The molecule has 7 heteroatoms. The minimum absolute atomic E-state index is 0.135. The number of carbonyl (C=O) groups is 1. The molecule has 31 heavy (non-hydrogen) atoms. The zero-order valence-electron chi connectivity index (χ0n) is 18.8. The normalized spacial score (nSPS) is 17.8. The van der Waals surface area contributed by atoms with Crippen molar-refractivity contribution >= 4 is 27.3 Å². The average Bonchev–Trinajstić information content (AvgIpc) is 2.74. The summed E-state index contributed by atoms with van der Waals surface area (Å²) >= 11 is 0. The maximum Gasteiger partial charge on any atom is 0.251 e. The molecule has 0 aliphatic carbocycles. The van der Waals surface area contributed by atoms with E-state index in [-0.39, 0.29) is 11.9 Å². The predicted octanol–water partition coefficient (Wildman–Crippen LogP) is 4.20. The van der Waals surface area contributed by atoms with Crippen molar-refractivity contribution in [3.05, 3.63) is 59.7 Å². The Morgan fingerprint density at radius 2 is 1.81 bits per heavy atom. The molecular formula is C24H33N3O3S. The van der Waals surface area contributed by atoms with Gasteiger partial charge in [0.05, 0.1) is 18.0 Å². The van der Waals surface area contributed by atoms with Gasteiger partial charge in [0.1, 0.15) is 0 Å². The summed E-state index contributed by atoms with van der Waals surface area (Å²) in [5.74, 6) is 0.537. The fourth-order valence-electron chi connectivity index (χ4n) is 4.15. The van der Waals surface area contributed by atoms with E-state index in [1.54, 1.807) is 31.2 Å². The molecule has 0 aromatic heterocycles. The van der Waals surface area contributed by atoms with Crippen LogP contribution < -0.4 is 14.5 Å². The van der Waals surface area contributed by atoms with Gasteiger partial charge in [0.2, 0.25) is 10.0 Å². The Bertz CT molecular complexity index is 988. The van der Waals surface area contributed by atoms with Crippen LogP contribution in [0.1, 0.15) is 55.6 Å². The molecule has 1 aliphatic rings. The highest BCUT2D eigenvalue weighted by Crippen LogP contribution is 2.25. The number of nitrogens with one attached hydrogen (secondary N) is 1. The van der Waals surface area contributed by atoms with Crippen LogP contribution in [-0.4, -0.2) is 40.2 Å². The van der Waals surface area contributed by atoms with Gasteiger partial charge in [0, 0.05) is 30.9 Å². The van der Waals surface area contributed by atoms with Gasteiger partial charge in [-0.1, -0.05) is 19.1 Å². The van der Waals surface area contributed by atoms with Crippen molar-refractivity contribution in [1.29, 1.82) is 0 Å². The number of rotatable bonds is 7. The van der Waals surface area contributed by atoms with Crippen molar-refractivity contribution in [2.24, 2.45) is 5.92 Å². The summed E-state index contributed by atoms with van der Waals surface area (Å²) in [6.45, 7) is 8.57. The van der Waals surface area contributed by atoms with Gasteiger partial charge in [-0.2, -0.15) is 0 Å². The number of benzene rings is 2. The fraction of sp³-hybridized carbons (Fsp3) is 0.458. The summed E-state index contributed by atoms with van der Waals surface area (Å²) in [7, 11) is -3.34. The van der Waals surface area contributed by atoms with E-state index in [0.29, 0.717) is 17.8 Å². The Hall–Kier alpha value is -2.54. The number of hydrogen-bond acceptors (Lipinski definition) is 4. The van der Waals surface area contributed by atoms with Gasteiger partial charge in [0.15, 0.2) is 0 Å². The van der Waals surface area contributed by atoms with E-state index >= 15 is 0 Å². The van der Waals surface area contributed by atoms with Crippen LogP contribution in [0, 0.1) is 5.92 Å². The molecule has 1 N–H and O–H groups in total. The van der Waals surface area contributed by atoms with E-state index in [0.717, 1.165) is 24.6 Å². The zero-order valence-corrected chi connectivity index (χ0v) is 19.7. The quantitative estimate of drug-likeness (QED) is 0.696. The summed E-state index contributed by atoms with van der Waals surface area (Å²) in [6, 6.07) is 14.9. The highest BCUT2D eigenvalue weighted by atomic mass is 32.2. The Morgan fingerprint density at radius 3 is 2.35 bits per heavy atom. The Balaban J connectivity index is 1.63. The molecule has 0 saturated carbocycles. The molecule has 1 heterocycles. The summed E-state index contributed by atoms with van der Waals surface area (Å²) in [4.78, 5) is 15.1. The van der Waals surface area contributed by atoms with E-state index in [1.165, 1.54) is 29.1 Å². The number of nitrogens with zero attached hydrogens (tertiary/aromatic N) is 2. The molecule has 2 atom stereocenters. The van der Waals surface area contributed by atoms with Crippen molar-refractivity contribution in [3.8, 4) is 0 Å². The van der Waals surface area contributed by atoms with Gasteiger partial charge in [-0.25, -0.2) is 8.42 Å². The third kappa shape index (κ3) is 5.79. The second-order valence-electron chi connectivity index (χ2n) is 8.45. The van der Waals surface area contributed by atoms with Gasteiger partial charge in [-0.3, -0.25) is 9.10 Å². The first-order valence-corrected chi connectivity index (χ1v) is 12.8. The second kappa shape index (κ2) is 9.73. The van der Waals surface area contributed by atoms with E-state index in [4.69, 9.17) is 0 Å². The molecule has 0 unspecified atom stereocenters. The molecule has 1 fully saturated rings. The van der Waals surface area contributed by atoms with Crippen molar-refractivity contribution in [2.75, 3.05) is 35.1 Å². The van der Waals surface area contributed by atoms with Crippen molar-refractivity contribution in [2.45, 2.75) is 39.7 Å². The van der Waals surface area contributed by atoms with Gasteiger partial charge >= 0.3 is 0 Å². The molecule has 0 spiro atoms. The van der Waals surface area contributed by atoms with Crippen LogP contribution in [0.2, 0.25) is 0 Å². The van der Waals surface area contributed by atoms with E-state index in [1.807, 2.05) is 6.92 Å². The highest BCUT2D eigenvalue weighted by molar-refractivity contribution is 7.92. The molecule has 2 aromatic rings. The molecular weight excluding hydrogens is 410 g/mol. The monoisotopic (exact) mass is 443 g/mol. The molecule has 1 amide bonds. The molecule has 0 bridgehead atoms. The van der Waals surface area contributed by atoms with Gasteiger partial charge in [0.25, 0.3) is 5.91 Å². The second-order valence-corrected chi connectivity index (χ2v) is 10.4. The number of hydrogen-bond donors (Lipinski definition) is 1. The van der Waals surface area contributed by atoms with E-state index < -0.39 is 10.0 Å². The fourth-order valence-corrected chi connectivity index (χ4v) is 5.12. The van der Waals surface area contributed by atoms with Gasteiger partial charge in [-0.05, 0) is 74.6 Å². The van der Waals surface area contributed by atoms with E-state index in [9.17, 15) is 13.2 Å². The van der Waals surface area contributed by atoms with Gasteiger partial charge in [-0.15, -0.1) is 0 Å². The highest BCUT2D eigenvalue weighted by Gasteiger charge is 2.18. The first kappa shape index (κ1) is 23.1. The lowest BCUT2D eigenvalue weighted by Gasteiger charge is -2.33. The molecule has 168 valence electrons. The van der Waals surface area contributed by atoms with Crippen LogP contribution in [0.25, 0.3) is 0 Å². The number of amides is 1. The zero-order chi connectivity index (χ0) is 22.6. The van der Waals surface area contributed by atoms with Crippen LogP contribution in [-0.2, 0) is 10.0 Å². The van der Waals surface area contributed by atoms with Crippen LogP contribution in [0.15, 0.2) is 48.5 Å². The number of piperidine rings is 1. The lowest BCUT2D eigenvalue weighted by Crippen LogP contribution is -2.34. The van der Waals surface area contributed by atoms with Crippen LogP contribution in [0.3, 0.4) is 0 Å². The summed E-state index contributed by atoms with van der Waals surface area (Å²) in [5, 5.41) is 3.03. The third-order valence-corrected chi connectivity index (χ3v) is 7.14. The average molecular weight is 444 g/mol. The summed E-state index contributed by atoms with van der Waals surface area (Å²) in [5.41, 5.74) is 3.33. The SMILES string of the molecule is CCN(c1ccc(C(=O)N[C@H](C)c2ccc(N3CCC[C@H](C)C3)cc2)cc1)S(C)(=O)=O. The maximum atomic E-state index is 12.7. The smallest absolute Gasteiger partial charge is 0.251 e. The number of anilines is 2. The summed E-state index contributed by atoms with van der Waals surface area (Å²) in [6.07, 6.45) is 3.70. The van der Waals surface area contributed by atoms with Crippen LogP contribution >= 0.6 is 0 Å². The number of carbonyl (C=O) groups excluding carboxylic acids is 1. The van der Waals surface area contributed by atoms with Gasteiger partial charge < -0.3 is 10.2 Å². The van der Waals surface area contributed by atoms with Crippen molar-refractivity contribution in [3.63, 3.8) is 0 Å². The minimum atomic E-state index is -3.34. The van der Waals surface area contributed by atoms with Crippen LogP contribution in [0.4, 0.5) is 11.4 Å². The largest absolute Gasteiger partial charge is 0.371 e.